The summed E-state index contributed by atoms with van der Waals surface area (Å²) in [5.74, 6) is -1.43. The Morgan fingerprint density at radius 2 is 1.48 bits per heavy atom. The SMILES string of the molecule is CC(CCc1ccc(F)c(F)c1)NC(=O)c1ccc(Oc2ccc(C(N)=O)cc2)cc1. The molecule has 1 atom stereocenters. The maximum Gasteiger partial charge on any atom is 0.251 e. The van der Waals surface area contributed by atoms with Crippen molar-refractivity contribution in [3.8, 4) is 11.5 Å². The number of nitrogens with one attached hydrogen (secondary N) is 1. The molecule has 0 spiro atoms. The number of carbonyl (C=O) groups is 2. The van der Waals surface area contributed by atoms with Crippen LogP contribution in [0.4, 0.5) is 8.78 Å². The van der Waals surface area contributed by atoms with Gasteiger partial charge >= 0.3 is 0 Å². The quantitative estimate of drug-likeness (QED) is 0.554. The van der Waals surface area contributed by atoms with E-state index in [1.54, 1.807) is 48.5 Å². The normalized spacial score (nSPS) is 11.6. The highest BCUT2D eigenvalue weighted by Gasteiger charge is 2.11. The minimum Gasteiger partial charge on any atom is -0.457 e. The predicted molar refractivity (Wildman–Crippen MR) is 113 cm³/mol. The highest BCUT2D eigenvalue weighted by atomic mass is 19.2. The standard InChI is InChI=1S/C24H22F2N2O3/c1-15(2-3-16-4-13-21(25)22(26)14-16)28-24(30)18-7-11-20(12-8-18)31-19-9-5-17(6-10-19)23(27)29/h4-15H,2-3H2,1H3,(H2,27,29)(H,28,30). The number of halogens is 2. The zero-order chi connectivity index (χ0) is 22.4. The van der Waals surface area contributed by atoms with Gasteiger partial charge in [-0.25, -0.2) is 8.78 Å². The molecule has 0 saturated heterocycles. The second kappa shape index (κ2) is 9.84. The molecule has 3 aromatic carbocycles. The Labute approximate surface area is 178 Å². The number of rotatable bonds is 8. The second-order valence-electron chi connectivity index (χ2n) is 7.18. The van der Waals surface area contributed by atoms with Crippen LogP contribution >= 0.6 is 0 Å². The molecule has 1 unspecified atom stereocenters. The summed E-state index contributed by atoms with van der Waals surface area (Å²) < 4.78 is 32.0. The van der Waals surface area contributed by atoms with E-state index in [0.29, 0.717) is 41.0 Å². The summed E-state index contributed by atoms with van der Waals surface area (Å²) in [5, 5.41) is 2.89. The first-order valence-electron chi connectivity index (χ1n) is 9.74. The number of benzene rings is 3. The van der Waals surface area contributed by atoms with E-state index in [4.69, 9.17) is 10.5 Å². The molecule has 0 saturated carbocycles. The van der Waals surface area contributed by atoms with Crippen molar-refractivity contribution in [2.45, 2.75) is 25.8 Å². The highest BCUT2D eigenvalue weighted by Crippen LogP contribution is 2.22. The van der Waals surface area contributed by atoms with Crippen LogP contribution in [0.1, 0.15) is 39.6 Å². The van der Waals surface area contributed by atoms with E-state index in [0.717, 1.165) is 6.07 Å². The molecule has 3 rings (SSSR count). The minimum atomic E-state index is -0.875. The van der Waals surface area contributed by atoms with Gasteiger partial charge in [0.25, 0.3) is 5.91 Å². The molecule has 160 valence electrons. The van der Waals surface area contributed by atoms with Gasteiger partial charge in [0.2, 0.25) is 5.91 Å². The van der Waals surface area contributed by atoms with Gasteiger partial charge in [-0.05, 0) is 86.0 Å². The van der Waals surface area contributed by atoms with Crippen molar-refractivity contribution in [2.24, 2.45) is 5.73 Å². The molecule has 0 bridgehead atoms. The number of aryl methyl sites for hydroxylation is 1. The molecular formula is C24H22F2N2O3. The molecule has 2 amide bonds. The van der Waals surface area contributed by atoms with Crippen LogP contribution in [0.15, 0.2) is 66.7 Å². The zero-order valence-electron chi connectivity index (χ0n) is 16.9. The van der Waals surface area contributed by atoms with E-state index in [2.05, 4.69) is 5.32 Å². The predicted octanol–water partition coefficient (Wildman–Crippen LogP) is 4.61. The lowest BCUT2D eigenvalue weighted by molar-refractivity contribution is 0.0937. The zero-order valence-corrected chi connectivity index (χ0v) is 16.9. The summed E-state index contributed by atoms with van der Waals surface area (Å²) in [6.45, 7) is 1.85. The number of hydrogen-bond acceptors (Lipinski definition) is 3. The van der Waals surface area contributed by atoms with Gasteiger partial charge < -0.3 is 15.8 Å². The molecule has 0 heterocycles. The van der Waals surface area contributed by atoms with Crippen LogP contribution in [0.3, 0.4) is 0 Å². The fourth-order valence-electron chi connectivity index (χ4n) is 2.96. The lowest BCUT2D eigenvalue weighted by Crippen LogP contribution is -2.32. The molecule has 0 aliphatic carbocycles. The van der Waals surface area contributed by atoms with Gasteiger partial charge in [-0.15, -0.1) is 0 Å². The molecular weight excluding hydrogens is 402 g/mol. The lowest BCUT2D eigenvalue weighted by Gasteiger charge is -2.14. The smallest absolute Gasteiger partial charge is 0.251 e. The first-order chi connectivity index (χ1) is 14.8. The molecule has 5 nitrogen and oxygen atoms in total. The maximum atomic E-state index is 13.3. The fourth-order valence-corrected chi connectivity index (χ4v) is 2.96. The number of hydrogen-bond donors (Lipinski definition) is 2. The maximum absolute atomic E-state index is 13.3. The van der Waals surface area contributed by atoms with Crippen molar-refractivity contribution in [3.63, 3.8) is 0 Å². The van der Waals surface area contributed by atoms with Crippen LogP contribution in [0.25, 0.3) is 0 Å². The monoisotopic (exact) mass is 424 g/mol. The van der Waals surface area contributed by atoms with Crippen molar-refractivity contribution < 1.29 is 23.1 Å². The highest BCUT2D eigenvalue weighted by molar-refractivity contribution is 5.94. The van der Waals surface area contributed by atoms with Crippen molar-refractivity contribution >= 4 is 11.8 Å². The number of nitrogens with two attached hydrogens (primary N) is 1. The first-order valence-corrected chi connectivity index (χ1v) is 9.74. The average Bonchev–Trinajstić information content (AvgIpc) is 2.75. The van der Waals surface area contributed by atoms with Crippen molar-refractivity contribution in [1.82, 2.24) is 5.32 Å². The average molecular weight is 424 g/mol. The van der Waals surface area contributed by atoms with Crippen LogP contribution < -0.4 is 15.8 Å². The number of amides is 2. The van der Waals surface area contributed by atoms with Crippen molar-refractivity contribution in [1.29, 1.82) is 0 Å². The minimum absolute atomic E-state index is 0.152. The largest absolute Gasteiger partial charge is 0.457 e. The molecule has 0 fully saturated rings. The van der Waals surface area contributed by atoms with E-state index >= 15 is 0 Å². The van der Waals surface area contributed by atoms with E-state index in [9.17, 15) is 18.4 Å². The van der Waals surface area contributed by atoms with Gasteiger partial charge in [-0.1, -0.05) is 6.07 Å². The Hall–Kier alpha value is -3.74. The molecule has 3 aromatic rings. The van der Waals surface area contributed by atoms with Crippen LogP contribution in [0.2, 0.25) is 0 Å². The van der Waals surface area contributed by atoms with E-state index < -0.39 is 17.5 Å². The Bertz CT molecular complexity index is 1070. The van der Waals surface area contributed by atoms with Crippen molar-refractivity contribution in [3.05, 3.63) is 95.1 Å². The van der Waals surface area contributed by atoms with E-state index in [1.165, 1.54) is 12.1 Å². The van der Waals surface area contributed by atoms with E-state index in [-0.39, 0.29) is 11.9 Å². The Balaban J connectivity index is 1.52. The first kappa shape index (κ1) is 22.0. The second-order valence-corrected chi connectivity index (χ2v) is 7.18. The topological polar surface area (TPSA) is 81.4 Å². The summed E-state index contributed by atoms with van der Waals surface area (Å²) in [6, 6.07) is 16.7. The van der Waals surface area contributed by atoms with E-state index in [1.807, 2.05) is 6.92 Å². The van der Waals surface area contributed by atoms with Crippen LogP contribution in [-0.2, 0) is 6.42 Å². The Morgan fingerprint density at radius 1 is 0.903 bits per heavy atom. The summed E-state index contributed by atoms with van der Waals surface area (Å²) in [7, 11) is 0. The van der Waals surface area contributed by atoms with Crippen LogP contribution in [0.5, 0.6) is 11.5 Å². The third-order valence-corrected chi connectivity index (χ3v) is 4.72. The van der Waals surface area contributed by atoms with Gasteiger partial charge in [0.15, 0.2) is 11.6 Å². The third-order valence-electron chi connectivity index (χ3n) is 4.72. The number of ether oxygens (including phenoxy) is 1. The van der Waals surface area contributed by atoms with Gasteiger partial charge in [0.1, 0.15) is 11.5 Å². The summed E-state index contributed by atoms with van der Waals surface area (Å²) in [4.78, 5) is 23.5. The van der Waals surface area contributed by atoms with Gasteiger partial charge in [-0.2, -0.15) is 0 Å². The molecule has 7 heteroatoms. The van der Waals surface area contributed by atoms with Gasteiger partial charge in [0.05, 0.1) is 0 Å². The Morgan fingerprint density at radius 3 is 2.03 bits per heavy atom. The molecule has 31 heavy (non-hydrogen) atoms. The molecule has 3 N–H and O–H groups in total. The fraction of sp³-hybridized carbons (Fsp3) is 0.167. The number of primary amides is 1. The van der Waals surface area contributed by atoms with Crippen LogP contribution in [0, 0.1) is 11.6 Å². The Kier molecular flexibility index (Phi) is 6.97. The van der Waals surface area contributed by atoms with Crippen LogP contribution in [-0.4, -0.2) is 17.9 Å². The van der Waals surface area contributed by atoms with Crippen molar-refractivity contribution in [2.75, 3.05) is 0 Å². The lowest BCUT2D eigenvalue weighted by atomic mass is 10.1. The molecule has 0 aromatic heterocycles. The molecule has 0 aliphatic heterocycles. The van der Waals surface area contributed by atoms with Gasteiger partial charge in [0, 0.05) is 17.2 Å². The van der Waals surface area contributed by atoms with Gasteiger partial charge in [-0.3, -0.25) is 9.59 Å². The molecule has 0 aliphatic rings. The summed E-state index contributed by atoms with van der Waals surface area (Å²) in [5.41, 5.74) is 6.74. The third kappa shape index (κ3) is 6.12. The summed E-state index contributed by atoms with van der Waals surface area (Å²) in [6.07, 6.45) is 1.10. The number of carbonyl (C=O) groups excluding carboxylic acids is 2. The molecule has 0 radical (unpaired) electrons. The summed E-state index contributed by atoms with van der Waals surface area (Å²) >= 11 is 0.